The van der Waals surface area contributed by atoms with Crippen LogP contribution < -0.4 is 10.4 Å². The summed E-state index contributed by atoms with van der Waals surface area (Å²) < 4.78 is 0. The second-order valence-electron chi connectivity index (χ2n) is 12.6. The van der Waals surface area contributed by atoms with Gasteiger partial charge in [-0.1, -0.05) is 52.0 Å². The van der Waals surface area contributed by atoms with Crippen molar-refractivity contribution in [2.24, 2.45) is 27.6 Å². The molecule has 0 heterocycles. The number of rotatable bonds is 0. The molecule has 0 bridgehead atoms. The van der Waals surface area contributed by atoms with Crippen LogP contribution in [0.25, 0.3) is 12.7 Å². The van der Waals surface area contributed by atoms with Crippen LogP contribution in [0.1, 0.15) is 85.1 Å². The minimum absolute atomic E-state index is 0.0287. The van der Waals surface area contributed by atoms with E-state index in [0.29, 0.717) is 16.6 Å². The molecule has 1 aromatic rings. The molecule has 3 nitrogen and oxygen atoms in total. The van der Waals surface area contributed by atoms with E-state index in [4.69, 9.17) is 0 Å². The molecule has 0 saturated heterocycles. The van der Waals surface area contributed by atoms with Gasteiger partial charge >= 0.3 is 0 Å². The molecule has 4 aliphatic rings. The van der Waals surface area contributed by atoms with Crippen LogP contribution in [0.2, 0.25) is 0 Å². The Morgan fingerprint density at radius 2 is 1.66 bits per heavy atom. The fraction of sp³-hybridized carbons (Fsp3) is 0.621. The number of phenols is 2. The van der Waals surface area contributed by atoms with E-state index in [1.54, 1.807) is 6.07 Å². The third kappa shape index (κ3) is 2.42. The van der Waals surface area contributed by atoms with Crippen LogP contribution in [0.4, 0.5) is 0 Å². The molecule has 3 heteroatoms. The maximum Gasteiger partial charge on any atom is 0.164 e. The van der Waals surface area contributed by atoms with Crippen LogP contribution in [0.15, 0.2) is 17.7 Å². The first-order valence-electron chi connectivity index (χ1n) is 12.2. The van der Waals surface area contributed by atoms with Gasteiger partial charge in [0.2, 0.25) is 0 Å². The minimum Gasteiger partial charge on any atom is -0.504 e. The highest BCUT2D eigenvalue weighted by molar-refractivity contribution is 5.61. The summed E-state index contributed by atoms with van der Waals surface area (Å²) in [7, 11) is 0. The van der Waals surface area contributed by atoms with Gasteiger partial charge in [-0.05, 0) is 90.9 Å². The minimum atomic E-state index is -0.224. The van der Waals surface area contributed by atoms with E-state index in [9.17, 15) is 15.5 Å². The van der Waals surface area contributed by atoms with Crippen molar-refractivity contribution in [1.29, 1.82) is 5.26 Å². The Kier molecular flexibility index (Phi) is 4.20. The van der Waals surface area contributed by atoms with Crippen LogP contribution in [0.5, 0.6) is 11.5 Å². The molecule has 3 saturated carbocycles. The molecule has 0 aliphatic heterocycles. The second kappa shape index (κ2) is 6.22. The summed E-state index contributed by atoms with van der Waals surface area (Å²) in [6.45, 7) is 16.0. The lowest BCUT2D eigenvalue weighted by Crippen LogP contribution is -2.62. The molecule has 0 aromatic heterocycles. The lowest BCUT2D eigenvalue weighted by Gasteiger charge is -2.69. The largest absolute Gasteiger partial charge is 0.504 e. The summed E-state index contributed by atoms with van der Waals surface area (Å²) in [6.07, 6.45) is 12.0. The Labute approximate surface area is 192 Å². The van der Waals surface area contributed by atoms with Crippen molar-refractivity contribution in [1.82, 2.24) is 0 Å². The van der Waals surface area contributed by atoms with E-state index >= 15 is 0 Å². The highest BCUT2D eigenvalue weighted by Crippen LogP contribution is 2.74. The van der Waals surface area contributed by atoms with Gasteiger partial charge < -0.3 is 10.2 Å². The third-order valence-electron chi connectivity index (χ3n) is 11.0. The third-order valence-corrected chi connectivity index (χ3v) is 11.0. The first-order chi connectivity index (χ1) is 14.8. The lowest BCUT2D eigenvalue weighted by atomic mass is 9.35. The molecule has 1 aromatic carbocycles. The monoisotopic (exact) mass is 431 g/mol. The molecule has 6 unspecified atom stereocenters. The Hall–Kier alpha value is -2.21. The SMILES string of the molecule is C=c1c(O)c(O)cc2c1=CC=C1C2(C)CCC2(C)C3CC(C)(C#N)CCC3(C)CCC12C. The molecule has 32 heavy (non-hydrogen) atoms. The van der Waals surface area contributed by atoms with Crippen molar-refractivity contribution in [3.8, 4) is 17.6 Å². The van der Waals surface area contributed by atoms with E-state index in [2.05, 4.69) is 59.4 Å². The maximum absolute atomic E-state index is 10.4. The van der Waals surface area contributed by atoms with E-state index in [1.807, 2.05) is 0 Å². The molecule has 0 amide bonds. The van der Waals surface area contributed by atoms with Gasteiger partial charge in [0.05, 0.1) is 11.5 Å². The lowest BCUT2D eigenvalue weighted by molar-refractivity contribution is -0.152. The van der Waals surface area contributed by atoms with E-state index in [0.717, 1.165) is 49.3 Å². The van der Waals surface area contributed by atoms with Crippen molar-refractivity contribution in [3.05, 3.63) is 33.7 Å². The Morgan fingerprint density at radius 3 is 2.34 bits per heavy atom. The van der Waals surface area contributed by atoms with Gasteiger partial charge in [-0.2, -0.15) is 5.26 Å². The topological polar surface area (TPSA) is 64.2 Å². The van der Waals surface area contributed by atoms with Crippen LogP contribution in [-0.2, 0) is 5.41 Å². The number of hydrogen-bond acceptors (Lipinski definition) is 3. The first kappa shape index (κ1) is 21.6. The second-order valence-corrected chi connectivity index (χ2v) is 12.6. The van der Waals surface area contributed by atoms with Gasteiger partial charge in [0.15, 0.2) is 11.5 Å². The molecule has 3 fully saturated rings. The average Bonchev–Trinajstić information content (AvgIpc) is 2.76. The van der Waals surface area contributed by atoms with Gasteiger partial charge in [0.25, 0.3) is 0 Å². The van der Waals surface area contributed by atoms with Crippen molar-refractivity contribution in [3.63, 3.8) is 0 Å². The van der Waals surface area contributed by atoms with Crippen molar-refractivity contribution >= 4 is 12.7 Å². The van der Waals surface area contributed by atoms with E-state index in [-0.39, 0.29) is 33.2 Å². The van der Waals surface area contributed by atoms with Crippen LogP contribution in [-0.4, -0.2) is 10.2 Å². The highest BCUT2D eigenvalue weighted by atomic mass is 16.3. The Balaban J connectivity index is 1.69. The van der Waals surface area contributed by atoms with E-state index in [1.165, 1.54) is 12.0 Å². The summed E-state index contributed by atoms with van der Waals surface area (Å²) in [4.78, 5) is 0. The van der Waals surface area contributed by atoms with Gasteiger partial charge in [-0.25, -0.2) is 0 Å². The van der Waals surface area contributed by atoms with Crippen LogP contribution >= 0.6 is 0 Å². The predicted octanol–water partition coefficient (Wildman–Crippen LogP) is 5.42. The molecule has 4 aliphatic carbocycles. The van der Waals surface area contributed by atoms with Crippen LogP contribution in [0.3, 0.4) is 0 Å². The molecular weight excluding hydrogens is 394 g/mol. The Bertz CT molecular complexity index is 1210. The summed E-state index contributed by atoms with van der Waals surface area (Å²) in [6, 6.07) is 4.44. The number of fused-ring (bicyclic) bond motifs is 7. The number of hydrogen-bond donors (Lipinski definition) is 2. The normalized spacial score (nSPS) is 44.6. The number of phenolic OH excluding ortho intramolecular Hbond substituents is 2. The number of aromatic hydroxyl groups is 2. The Morgan fingerprint density at radius 1 is 0.969 bits per heavy atom. The molecule has 6 atom stereocenters. The highest BCUT2D eigenvalue weighted by Gasteiger charge is 2.66. The zero-order chi connectivity index (χ0) is 23.3. The molecule has 2 N–H and O–H groups in total. The number of benzene rings is 1. The molecule has 170 valence electrons. The molecule has 0 spiro atoms. The summed E-state index contributed by atoms with van der Waals surface area (Å²) >= 11 is 0. The fourth-order valence-electron chi connectivity index (χ4n) is 8.47. The summed E-state index contributed by atoms with van der Waals surface area (Å²) in [5.41, 5.74) is 2.61. The van der Waals surface area contributed by atoms with Gasteiger partial charge in [-0.3, -0.25) is 0 Å². The van der Waals surface area contributed by atoms with Crippen molar-refractivity contribution in [2.45, 2.75) is 85.0 Å². The standard InChI is InChI=1S/C29H37NO2/c1-18-19-7-8-22-27(4,20(19)15-21(31)24(18)32)12-14-29(6)23-16-25(2,17-30)9-10-26(23,3)11-13-28(22,29)5/h7-8,15,23,31-32H,1,9-14,16H2,2-6H3. The summed E-state index contributed by atoms with van der Waals surface area (Å²) in [5.74, 6) is 0.339. The van der Waals surface area contributed by atoms with Gasteiger partial charge in [0, 0.05) is 10.6 Å². The quantitative estimate of drug-likeness (QED) is 0.539. The molecule has 0 radical (unpaired) electrons. The smallest absolute Gasteiger partial charge is 0.164 e. The summed E-state index contributed by atoms with van der Waals surface area (Å²) in [5, 5.41) is 32.1. The van der Waals surface area contributed by atoms with Crippen molar-refractivity contribution < 1.29 is 10.2 Å². The fourth-order valence-corrected chi connectivity index (χ4v) is 8.47. The first-order valence-corrected chi connectivity index (χ1v) is 12.2. The molecule has 5 rings (SSSR count). The zero-order valence-corrected chi connectivity index (χ0v) is 20.3. The molecular formula is C29H37NO2. The number of nitriles is 1. The predicted molar refractivity (Wildman–Crippen MR) is 128 cm³/mol. The van der Waals surface area contributed by atoms with Crippen LogP contribution in [0, 0.1) is 38.9 Å². The van der Waals surface area contributed by atoms with Crippen molar-refractivity contribution in [2.75, 3.05) is 0 Å². The zero-order valence-electron chi connectivity index (χ0n) is 20.3. The number of allylic oxidation sites excluding steroid dienone is 2. The van der Waals surface area contributed by atoms with Gasteiger partial charge in [-0.15, -0.1) is 0 Å². The average molecular weight is 432 g/mol. The number of nitrogens with zero attached hydrogens (tertiary/aromatic N) is 1. The van der Waals surface area contributed by atoms with Gasteiger partial charge in [0.1, 0.15) is 0 Å². The maximum atomic E-state index is 10.4. The van der Waals surface area contributed by atoms with E-state index < -0.39 is 0 Å².